The molecule has 0 saturated heterocycles. The number of rotatable bonds is 10. The lowest BCUT2D eigenvalue weighted by Crippen LogP contribution is -2.29. The number of carbonyl (C=O) groups is 2. The Morgan fingerprint density at radius 2 is 1.76 bits per heavy atom. The first kappa shape index (κ1) is 28.1. The zero-order valence-electron chi connectivity index (χ0n) is 23.5. The fourth-order valence-corrected chi connectivity index (χ4v) is 5.42. The molecule has 0 atom stereocenters. The molecule has 0 bridgehead atoms. The van der Waals surface area contributed by atoms with Crippen LogP contribution in [0.1, 0.15) is 39.2 Å². The molecular weight excluding hydrogens is 540 g/mol. The predicted octanol–water partition coefficient (Wildman–Crippen LogP) is 7.06. The van der Waals surface area contributed by atoms with E-state index < -0.39 is 6.16 Å². The summed E-state index contributed by atoms with van der Waals surface area (Å²) in [5, 5.41) is 0.839. The maximum Gasteiger partial charge on any atom is 0.515 e. The van der Waals surface area contributed by atoms with Gasteiger partial charge in [0.2, 0.25) is 11.8 Å². The van der Waals surface area contributed by atoms with Gasteiger partial charge in [0.05, 0.1) is 43.1 Å². The van der Waals surface area contributed by atoms with Crippen molar-refractivity contribution < 1.29 is 23.8 Å². The average molecular weight is 573 g/mol. The monoisotopic (exact) mass is 572 g/mol. The molecule has 0 unspecified atom stereocenters. The number of hydrogen-bond acceptors (Lipinski definition) is 8. The van der Waals surface area contributed by atoms with Gasteiger partial charge in [-0.3, -0.25) is 4.79 Å². The summed E-state index contributed by atoms with van der Waals surface area (Å²) in [6.45, 7) is 6.61. The smallest absolute Gasteiger partial charge is 0.497 e. The predicted molar refractivity (Wildman–Crippen MR) is 161 cm³/mol. The molecule has 41 heavy (non-hydrogen) atoms. The van der Waals surface area contributed by atoms with Crippen LogP contribution in [0.15, 0.2) is 60.7 Å². The van der Waals surface area contributed by atoms with Gasteiger partial charge >= 0.3 is 6.16 Å². The Labute approximate surface area is 242 Å². The molecular formula is C31H32N4O5S. The summed E-state index contributed by atoms with van der Waals surface area (Å²) >= 11 is 1.17. The van der Waals surface area contributed by atoms with Crippen LogP contribution in [-0.2, 0) is 16.1 Å². The van der Waals surface area contributed by atoms with E-state index in [1.807, 2.05) is 65.2 Å². The minimum Gasteiger partial charge on any atom is -0.497 e. The van der Waals surface area contributed by atoms with Gasteiger partial charge in [0.15, 0.2) is 0 Å². The van der Waals surface area contributed by atoms with Crippen LogP contribution in [0.5, 0.6) is 11.6 Å². The highest BCUT2D eigenvalue weighted by Gasteiger charge is 2.25. The fourth-order valence-electron chi connectivity index (χ4n) is 4.91. The van der Waals surface area contributed by atoms with Crippen molar-refractivity contribution in [2.75, 3.05) is 25.2 Å². The molecule has 9 nitrogen and oxygen atoms in total. The van der Waals surface area contributed by atoms with E-state index in [2.05, 4.69) is 15.7 Å². The lowest BCUT2D eigenvalue weighted by molar-refractivity contribution is -0.116. The van der Waals surface area contributed by atoms with Crippen LogP contribution < -0.4 is 14.4 Å². The third kappa shape index (κ3) is 5.88. The van der Waals surface area contributed by atoms with Crippen molar-refractivity contribution in [3.63, 3.8) is 0 Å². The molecule has 2 heterocycles. The van der Waals surface area contributed by atoms with Crippen molar-refractivity contribution >= 4 is 51.4 Å². The van der Waals surface area contributed by atoms with Crippen LogP contribution in [0.2, 0.25) is 0 Å². The molecule has 1 amide bonds. The van der Waals surface area contributed by atoms with Crippen molar-refractivity contribution in [1.82, 2.24) is 13.3 Å². The topological polar surface area (TPSA) is 95.8 Å². The molecule has 3 aromatic carbocycles. The average Bonchev–Trinajstić information content (AvgIpc) is 3.55. The Bertz CT molecular complexity index is 1690. The molecule has 0 aliphatic rings. The molecule has 5 rings (SSSR count). The summed E-state index contributed by atoms with van der Waals surface area (Å²) in [5.41, 5.74) is 5.77. The summed E-state index contributed by atoms with van der Waals surface area (Å²) in [4.78, 5) is 27.2. The number of aromatic nitrogens is 3. The van der Waals surface area contributed by atoms with Gasteiger partial charge in [0.25, 0.3) is 0 Å². The Balaban J connectivity index is 1.74. The van der Waals surface area contributed by atoms with Gasteiger partial charge in [-0.25, -0.2) is 4.79 Å². The normalized spacial score (nSPS) is 11.1. The molecule has 0 aliphatic carbocycles. The molecule has 0 aliphatic heterocycles. The van der Waals surface area contributed by atoms with E-state index in [4.69, 9.17) is 14.2 Å². The Morgan fingerprint density at radius 1 is 0.976 bits per heavy atom. The van der Waals surface area contributed by atoms with Crippen molar-refractivity contribution in [3.05, 3.63) is 66.2 Å². The van der Waals surface area contributed by atoms with Gasteiger partial charge < -0.3 is 23.7 Å². The third-order valence-electron chi connectivity index (χ3n) is 6.91. The summed E-state index contributed by atoms with van der Waals surface area (Å²) in [7, 11) is 1.61. The summed E-state index contributed by atoms with van der Waals surface area (Å²) < 4.78 is 27.2. The third-order valence-corrected chi connectivity index (χ3v) is 7.46. The Hall–Kier alpha value is -4.44. The SMILES string of the molecule is CCCCN(C(C)=O)c1ccc2c(c1)c(-c1ccc(OC)cc1)c(OC(=O)OCC)n2Cc1ccc2nsnc2c1. The number of carbonyl (C=O) groups excluding carboxylic acids is 2. The molecule has 2 aromatic heterocycles. The number of unbranched alkanes of at least 4 members (excludes halogenated alkanes) is 1. The second kappa shape index (κ2) is 12.4. The molecule has 212 valence electrons. The number of amides is 1. The number of nitrogens with zero attached hydrogens (tertiary/aromatic N) is 4. The largest absolute Gasteiger partial charge is 0.515 e. The highest BCUT2D eigenvalue weighted by Crippen LogP contribution is 2.43. The molecule has 0 N–H and O–H groups in total. The maximum absolute atomic E-state index is 12.8. The number of ether oxygens (including phenoxy) is 3. The number of methoxy groups -OCH3 is 1. The number of fused-ring (bicyclic) bond motifs is 2. The number of anilines is 1. The standard InChI is InChI=1S/C31H32N4O5S/c1-5-7-16-34(20(3)36)23-11-15-28-25(18-23)29(22-9-12-24(38-4)13-10-22)30(40-31(37)39-6-2)35(28)19-21-8-14-26-27(17-21)33-41-32-26/h8-15,17-18H,5-7,16,19H2,1-4H3. The summed E-state index contributed by atoms with van der Waals surface area (Å²) in [6.07, 6.45) is 1.06. The Morgan fingerprint density at radius 3 is 2.46 bits per heavy atom. The first-order valence-electron chi connectivity index (χ1n) is 13.6. The minimum atomic E-state index is -0.793. The van der Waals surface area contributed by atoms with Crippen LogP contribution >= 0.6 is 11.7 Å². The van der Waals surface area contributed by atoms with Crippen molar-refractivity contribution in [3.8, 4) is 22.8 Å². The molecule has 10 heteroatoms. The van der Waals surface area contributed by atoms with Crippen molar-refractivity contribution in [2.24, 2.45) is 0 Å². The van der Waals surface area contributed by atoms with Gasteiger partial charge in [-0.05, 0) is 66.9 Å². The number of hydrogen-bond donors (Lipinski definition) is 0. The van der Waals surface area contributed by atoms with Gasteiger partial charge in [-0.2, -0.15) is 8.75 Å². The van der Waals surface area contributed by atoms with Crippen LogP contribution in [0, 0.1) is 0 Å². The van der Waals surface area contributed by atoms with E-state index >= 15 is 0 Å². The lowest BCUT2D eigenvalue weighted by atomic mass is 10.0. The highest BCUT2D eigenvalue weighted by molar-refractivity contribution is 7.00. The van der Waals surface area contributed by atoms with Crippen LogP contribution in [-0.4, -0.2) is 45.6 Å². The van der Waals surface area contributed by atoms with Gasteiger partial charge in [-0.1, -0.05) is 31.5 Å². The van der Waals surface area contributed by atoms with Crippen molar-refractivity contribution in [1.29, 1.82) is 0 Å². The molecule has 0 spiro atoms. The summed E-state index contributed by atoms with van der Waals surface area (Å²) in [6, 6.07) is 19.4. The van der Waals surface area contributed by atoms with E-state index in [1.54, 1.807) is 25.9 Å². The minimum absolute atomic E-state index is 0.0311. The van der Waals surface area contributed by atoms with Crippen LogP contribution in [0.4, 0.5) is 10.5 Å². The summed E-state index contributed by atoms with van der Waals surface area (Å²) in [5.74, 6) is 1.02. The number of benzene rings is 3. The lowest BCUT2D eigenvalue weighted by Gasteiger charge is -2.21. The maximum atomic E-state index is 12.8. The van der Waals surface area contributed by atoms with E-state index in [-0.39, 0.29) is 12.5 Å². The second-order valence-corrected chi connectivity index (χ2v) is 10.1. The van der Waals surface area contributed by atoms with E-state index in [0.29, 0.717) is 30.3 Å². The first-order valence-corrected chi connectivity index (χ1v) is 14.3. The van der Waals surface area contributed by atoms with E-state index in [1.165, 1.54) is 11.7 Å². The van der Waals surface area contributed by atoms with Gasteiger partial charge in [0, 0.05) is 24.5 Å². The zero-order valence-corrected chi connectivity index (χ0v) is 24.4. The van der Waals surface area contributed by atoms with Crippen LogP contribution in [0.3, 0.4) is 0 Å². The fraction of sp³-hybridized carbons (Fsp3) is 0.290. The van der Waals surface area contributed by atoms with Crippen LogP contribution in [0.25, 0.3) is 33.1 Å². The molecule has 0 saturated carbocycles. The Kier molecular flexibility index (Phi) is 8.49. The molecule has 0 radical (unpaired) electrons. The van der Waals surface area contributed by atoms with Crippen molar-refractivity contribution in [2.45, 2.75) is 40.2 Å². The quantitative estimate of drug-likeness (QED) is 0.165. The molecule has 0 fully saturated rings. The second-order valence-electron chi connectivity index (χ2n) is 9.59. The first-order chi connectivity index (χ1) is 19.9. The zero-order chi connectivity index (χ0) is 28.9. The van der Waals surface area contributed by atoms with E-state index in [0.717, 1.165) is 51.6 Å². The highest BCUT2D eigenvalue weighted by atomic mass is 32.1. The van der Waals surface area contributed by atoms with E-state index in [9.17, 15) is 9.59 Å². The van der Waals surface area contributed by atoms with Gasteiger partial charge in [-0.15, -0.1) is 0 Å². The molecule has 5 aromatic rings. The van der Waals surface area contributed by atoms with Gasteiger partial charge in [0.1, 0.15) is 16.8 Å².